The molecule has 2 rings (SSSR count). The summed E-state index contributed by atoms with van der Waals surface area (Å²) in [7, 11) is 0. The Labute approximate surface area is 123 Å². The highest BCUT2D eigenvalue weighted by atomic mass is 16.6. The van der Waals surface area contributed by atoms with E-state index in [1.165, 1.54) is 6.07 Å². The average Bonchev–Trinajstić information content (AvgIpc) is 2.89. The van der Waals surface area contributed by atoms with Crippen LogP contribution in [0.2, 0.25) is 0 Å². The highest BCUT2D eigenvalue weighted by molar-refractivity contribution is 5.45. The van der Waals surface area contributed by atoms with Gasteiger partial charge in [-0.3, -0.25) is 15.4 Å². The Hall–Kier alpha value is -2.13. The maximum atomic E-state index is 11.0. The maximum Gasteiger partial charge on any atom is 0.310 e. The molecule has 1 aliphatic carbocycles. The number of para-hydroxylation sites is 2. The van der Waals surface area contributed by atoms with Crippen molar-refractivity contribution in [3.8, 4) is 11.8 Å². The molecule has 0 spiro atoms. The van der Waals surface area contributed by atoms with Crippen LogP contribution in [0, 0.1) is 21.4 Å². The minimum atomic E-state index is -0.565. The molecule has 0 saturated heterocycles. The van der Waals surface area contributed by atoms with E-state index in [9.17, 15) is 15.4 Å². The van der Waals surface area contributed by atoms with Gasteiger partial charge < -0.3 is 4.74 Å². The van der Waals surface area contributed by atoms with Crippen molar-refractivity contribution in [3.63, 3.8) is 0 Å². The fourth-order valence-corrected chi connectivity index (χ4v) is 2.65. The Morgan fingerprint density at radius 3 is 3.00 bits per heavy atom. The van der Waals surface area contributed by atoms with E-state index >= 15 is 0 Å². The lowest BCUT2D eigenvalue weighted by Gasteiger charge is -2.22. The van der Waals surface area contributed by atoms with Gasteiger partial charge in [-0.2, -0.15) is 5.26 Å². The summed E-state index contributed by atoms with van der Waals surface area (Å²) in [5.41, 5.74) is -0.599. The molecular weight excluding hydrogens is 270 g/mol. The summed E-state index contributed by atoms with van der Waals surface area (Å²) in [6.45, 7) is 2.83. The minimum Gasteiger partial charge on any atom is -0.483 e. The summed E-state index contributed by atoms with van der Waals surface area (Å²) >= 11 is 0. The average molecular weight is 289 g/mol. The predicted octanol–water partition coefficient (Wildman–Crippen LogP) is 2.79. The second kappa shape index (κ2) is 6.55. The summed E-state index contributed by atoms with van der Waals surface area (Å²) in [6, 6.07) is 8.69. The van der Waals surface area contributed by atoms with Crippen LogP contribution in [-0.4, -0.2) is 23.1 Å². The van der Waals surface area contributed by atoms with Gasteiger partial charge in [-0.15, -0.1) is 0 Å². The Kier molecular flexibility index (Phi) is 4.76. The van der Waals surface area contributed by atoms with Crippen molar-refractivity contribution >= 4 is 5.69 Å². The normalized spacial score (nSPS) is 24.5. The van der Waals surface area contributed by atoms with Crippen LogP contribution in [-0.2, 0) is 0 Å². The van der Waals surface area contributed by atoms with Gasteiger partial charge in [0, 0.05) is 12.5 Å². The minimum absolute atomic E-state index is 0.0338. The highest BCUT2D eigenvalue weighted by Gasteiger charge is 2.40. The smallest absolute Gasteiger partial charge is 0.310 e. The standard InChI is InChI=1S/C15H19N3O3/c1-2-9-17-15(11-16)8-7-12(10-15)21-14-6-4-3-5-13(14)18(19)20/h3-6,12,17H,2,7-10H2,1H3. The molecule has 112 valence electrons. The zero-order chi connectivity index (χ0) is 15.3. The Morgan fingerprint density at radius 2 is 2.33 bits per heavy atom. The summed E-state index contributed by atoms with van der Waals surface area (Å²) in [5.74, 6) is 0.275. The molecule has 1 N–H and O–H groups in total. The van der Waals surface area contributed by atoms with E-state index in [0.717, 1.165) is 19.4 Å². The molecule has 6 heteroatoms. The molecule has 0 amide bonds. The van der Waals surface area contributed by atoms with Crippen molar-refractivity contribution < 1.29 is 9.66 Å². The molecule has 6 nitrogen and oxygen atoms in total. The number of hydrogen-bond acceptors (Lipinski definition) is 5. The Balaban J connectivity index is 2.06. The number of rotatable bonds is 6. The number of hydrogen-bond donors (Lipinski definition) is 1. The molecule has 0 radical (unpaired) electrons. The van der Waals surface area contributed by atoms with E-state index in [1.807, 2.05) is 6.92 Å². The van der Waals surface area contributed by atoms with Crippen LogP contribution < -0.4 is 10.1 Å². The molecule has 0 aliphatic heterocycles. The first-order chi connectivity index (χ1) is 10.1. The van der Waals surface area contributed by atoms with Crippen LogP contribution in [0.15, 0.2) is 24.3 Å². The van der Waals surface area contributed by atoms with E-state index in [0.29, 0.717) is 12.8 Å². The number of nitrogens with one attached hydrogen (secondary N) is 1. The number of nitriles is 1. The van der Waals surface area contributed by atoms with Crippen molar-refractivity contribution in [3.05, 3.63) is 34.4 Å². The zero-order valence-corrected chi connectivity index (χ0v) is 12.0. The van der Waals surface area contributed by atoms with Gasteiger partial charge in [0.1, 0.15) is 11.6 Å². The van der Waals surface area contributed by atoms with Crippen LogP contribution in [0.5, 0.6) is 5.75 Å². The highest BCUT2D eigenvalue weighted by Crippen LogP contribution is 2.35. The van der Waals surface area contributed by atoms with Crippen LogP contribution >= 0.6 is 0 Å². The van der Waals surface area contributed by atoms with Gasteiger partial charge in [0.05, 0.1) is 11.0 Å². The second-order valence-corrected chi connectivity index (χ2v) is 5.33. The SMILES string of the molecule is CCCNC1(C#N)CCC(Oc2ccccc2[N+](=O)[O-])C1. The van der Waals surface area contributed by atoms with E-state index in [4.69, 9.17) is 4.74 Å². The third-order valence-corrected chi connectivity index (χ3v) is 3.75. The topological polar surface area (TPSA) is 88.2 Å². The third kappa shape index (κ3) is 3.50. The quantitative estimate of drug-likeness (QED) is 0.642. The lowest BCUT2D eigenvalue weighted by Crippen LogP contribution is -2.42. The van der Waals surface area contributed by atoms with E-state index in [-0.39, 0.29) is 17.5 Å². The first-order valence-electron chi connectivity index (χ1n) is 7.16. The fraction of sp³-hybridized carbons (Fsp3) is 0.533. The molecule has 0 bridgehead atoms. The van der Waals surface area contributed by atoms with Crippen LogP contribution in [0.3, 0.4) is 0 Å². The molecule has 21 heavy (non-hydrogen) atoms. The van der Waals surface area contributed by atoms with Crippen molar-refractivity contribution in [2.45, 2.75) is 44.2 Å². The van der Waals surface area contributed by atoms with Crippen LogP contribution in [0.25, 0.3) is 0 Å². The molecular formula is C15H19N3O3. The van der Waals surface area contributed by atoms with Crippen LogP contribution in [0.4, 0.5) is 5.69 Å². The molecule has 1 aromatic carbocycles. The lowest BCUT2D eigenvalue weighted by atomic mass is 9.99. The number of ether oxygens (including phenoxy) is 1. The Morgan fingerprint density at radius 1 is 1.57 bits per heavy atom. The maximum absolute atomic E-state index is 11.0. The molecule has 0 heterocycles. The summed E-state index contributed by atoms with van der Waals surface area (Å²) in [4.78, 5) is 10.5. The van der Waals surface area contributed by atoms with Crippen molar-refractivity contribution in [2.24, 2.45) is 0 Å². The number of benzene rings is 1. The molecule has 2 unspecified atom stereocenters. The van der Waals surface area contributed by atoms with E-state index in [1.54, 1.807) is 18.2 Å². The molecule has 1 fully saturated rings. The first-order valence-corrected chi connectivity index (χ1v) is 7.16. The second-order valence-electron chi connectivity index (χ2n) is 5.33. The van der Waals surface area contributed by atoms with Gasteiger partial charge in [0.15, 0.2) is 5.75 Å². The number of nitrogens with zero attached hydrogens (tertiary/aromatic N) is 2. The van der Waals surface area contributed by atoms with Gasteiger partial charge >= 0.3 is 5.69 Å². The van der Waals surface area contributed by atoms with Gasteiger partial charge in [0.25, 0.3) is 0 Å². The summed E-state index contributed by atoms with van der Waals surface area (Å²) < 4.78 is 5.77. The number of nitro groups is 1. The lowest BCUT2D eigenvalue weighted by molar-refractivity contribution is -0.386. The number of nitro benzene ring substituents is 1. The molecule has 2 atom stereocenters. The molecule has 1 aliphatic rings. The third-order valence-electron chi connectivity index (χ3n) is 3.75. The molecule has 0 aromatic heterocycles. The van der Waals surface area contributed by atoms with Crippen molar-refractivity contribution in [1.82, 2.24) is 5.32 Å². The van der Waals surface area contributed by atoms with Gasteiger partial charge in [-0.25, -0.2) is 0 Å². The largest absolute Gasteiger partial charge is 0.483 e. The van der Waals surface area contributed by atoms with Gasteiger partial charge in [-0.1, -0.05) is 19.1 Å². The van der Waals surface area contributed by atoms with Crippen molar-refractivity contribution in [1.29, 1.82) is 5.26 Å². The van der Waals surface area contributed by atoms with Crippen molar-refractivity contribution in [2.75, 3.05) is 6.54 Å². The van der Waals surface area contributed by atoms with E-state index < -0.39 is 10.5 Å². The first kappa shape index (κ1) is 15.3. The fourth-order valence-electron chi connectivity index (χ4n) is 2.65. The van der Waals surface area contributed by atoms with E-state index in [2.05, 4.69) is 11.4 Å². The summed E-state index contributed by atoms with van der Waals surface area (Å²) in [6.07, 6.45) is 2.76. The zero-order valence-electron chi connectivity index (χ0n) is 12.0. The van der Waals surface area contributed by atoms with Gasteiger partial charge in [-0.05, 0) is 31.9 Å². The summed E-state index contributed by atoms with van der Waals surface area (Å²) in [5, 5.41) is 23.6. The van der Waals surface area contributed by atoms with Gasteiger partial charge in [0.2, 0.25) is 0 Å². The molecule has 1 aromatic rings. The predicted molar refractivity (Wildman–Crippen MR) is 78.0 cm³/mol. The van der Waals surface area contributed by atoms with Crippen LogP contribution in [0.1, 0.15) is 32.6 Å². The Bertz CT molecular complexity index is 555. The monoisotopic (exact) mass is 289 g/mol. The molecule has 1 saturated carbocycles.